The molecule has 0 saturated carbocycles. The zero-order valence-electron chi connectivity index (χ0n) is 15.9. The molecule has 8 heteroatoms. The third kappa shape index (κ3) is 3.82. The minimum absolute atomic E-state index is 0.267. The summed E-state index contributed by atoms with van der Waals surface area (Å²) in [6.45, 7) is 0. The van der Waals surface area contributed by atoms with Gasteiger partial charge in [-0.3, -0.25) is 9.59 Å². The maximum absolute atomic E-state index is 12.8. The predicted octanol–water partition coefficient (Wildman–Crippen LogP) is 3.90. The lowest BCUT2D eigenvalue weighted by Gasteiger charge is -2.17. The van der Waals surface area contributed by atoms with Crippen LogP contribution in [0.15, 0.2) is 40.9 Å². The van der Waals surface area contributed by atoms with Crippen LogP contribution < -0.4 is 14.8 Å². The van der Waals surface area contributed by atoms with Gasteiger partial charge in [-0.05, 0) is 24.3 Å². The van der Waals surface area contributed by atoms with Crippen LogP contribution in [0, 0.1) is 0 Å². The number of hydrogen-bond acceptors (Lipinski definition) is 4. The van der Waals surface area contributed by atoms with Crippen LogP contribution in [0.5, 0.6) is 11.5 Å². The van der Waals surface area contributed by atoms with Gasteiger partial charge in [-0.1, -0.05) is 22.0 Å². The van der Waals surface area contributed by atoms with Gasteiger partial charge in [-0.15, -0.1) is 0 Å². The van der Waals surface area contributed by atoms with E-state index in [4.69, 9.17) is 9.47 Å². The highest BCUT2D eigenvalue weighted by molar-refractivity contribution is 9.10. The van der Waals surface area contributed by atoms with Crippen LogP contribution in [0.3, 0.4) is 0 Å². The molecule has 0 aliphatic rings. The number of nitrogens with zero attached hydrogens (tertiary/aromatic N) is 1. The van der Waals surface area contributed by atoms with E-state index in [0.29, 0.717) is 28.4 Å². The van der Waals surface area contributed by atoms with Crippen molar-refractivity contribution in [2.24, 2.45) is 0 Å². The summed E-state index contributed by atoms with van der Waals surface area (Å²) in [4.78, 5) is 29.9. The molecular weight excluding hydrogens is 426 g/mol. The molecule has 0 unspecified atom stereocenters. The number of carbonyl (C=O) groups is 2. The number of halogens is 1. The van der Waals surface area contributed by atoms with Gasteiger partial charge in [0.15, 0.2) is 11.5 Å². The Morgan fingerprint density at radius 1 is 1.04 bits per heavy atom. The first-order valence-electron chi connectivity index (χ1n) is 8.41. The number of amides is 2. The van der Waals surface area contributed by atoms with E-state index in [2.05, 4.69) is 26.2 Å². The number of fused-ring (bicyclic) bond motifs is 1. The number of H-pyrrole nitrogens is 1. The molecule has 0 bridgehead atoms. The lowest BCUT2D eigenvalue weighted by atomic mass is 10.1. The Labute approximate surface area is 170 Å². The van der Waals surface area contributed by atoms with Crippen LogP contribution in [0.4, 0.5) is 5.69 Å². The molecule has 0 saturated heterocycles. The van der Waals surface area contributed by atoms with E-state index in [9.17, 15) is 9.59 Å². The van der Waals surface area contributed by atoms with E-state index in [1.54, 1.807) is 32.3 Å². The topological polar surface area (TPSA) is 83.7 Å². The molecule has 3 aromatic rings. The van der Waals surface area contributed by atoms with Gasteiger partial charge < -0.3 is 24.7 Å². The smallest absolute Gasteiger partial charge is 0.272 e. The first kappa shape index (κ1) is 19.8. The number of nitrogens with one attached hydrogen (secondary N) is 2. The van der Waals surface area contributed by atoms with Gasteiger partial charge in [0.05, 0.1) is 25.5 Å². The molecule has 2 amide bonds. The number of ether oxygens (including phenoxy) is 2. The average Bonchev–Trinajstić information content (AvgIpc) is 3.10. The second-order valence-corrected chi connectivity index (χ2v) is 7.24. The second-order valence-electron chi connectivity index (χ2n) is 6.32. The number of aromatic amines is 1. The number of carbonyl (C=O) groups excluding carboxylic acids is 2. The van der Waals surface area contributed by atoms with Gasteiger partial charge >= 0.3 is 0 Å². The molecule has 146 valence electrons. The Morgan fingerprint density at radius 3 is 2.36 bits per heavy atom. The fraction of sp³-hybridized carbons (Fsp3) is 0.200. The Balaban J connectivity index is 2.01. The summed E-state index contributed by atoms with van der Waals surface area (Å²) in [7, 11) is 6.26. The van der Waals surface area contributed by atoms with Crippen molar-refractivity contribution in [3.8, 4) is 11.5 Å². The fourth-order valence-electron chi connectivity index (χ4n) is 2.81. The van der Waals surface area contributed by atoms with Crippen molar-refractivity contribution in [2.75, 3.05) is 33.6 Å². The third-order valence-electron chi connectivity index (χ3n) is 4.24. The average molecular weight is 446 g/mol. The van der Waals surface area contributed by atoms with Crippen LogP contribution in [-0.2, 0) is 0 Å². The van der Waals surface area contributed by atoms with Gasteiger partial charge in [-0.25, -0.2) is 0 Å². The molecule has 0 spiro atoms. The molecule has 0 radical (unpaired) electrons. The zero-order valence-corrected chi connectivity index (χ0v) is 17.5. The molecule has 0 aliphatic carbocycles. The standard InChI is InChI=1S/C20H20BrN3O4/c1-24(2)20(26)13-9-17(27-3)18(28-4)10-15(13)23-19(25)16-7-11-5-6-12(21)8-14(11)22-16/h5-10,22H,1-4H3,(H,23,25). The lowest BCUT2D eigenvalue weighted by molar-refractivity contribution is 0.0828. The highest BCUT2D eigenvalue weighted by Crippen LogP contribution is 2.34. The van der Waals surface area contributed by atoms with Crippen molar-refractivity contribution in [1.29, 1.82) is 0 Å². The first-order chi connectivity index (χ1) is 13.3. The van der Waals surface area contributed by atoms with Crippen LogP contribution in [-0.4, -0.2) is 50.0 Å². The number of rotatable bonds is 5. The molecule has 7 nitrogen and oxygen atoms in total. The molecule has 2 N–H and O–H groups in total. The predicted molar refractivity (Wildman–Crippen MR) is 112 cm³/mol. The Hall–Kier alpha value is -3.00. The van der Waals surface area contributed by atoms with E-state index in [1.165, 1.54) is 19.1 Å². The maximum atomic E-state index is 12.8. The van der Waals surface area contributed by atoms with E-state index in [0.717, 1.165) is 15.4 Å². The maximum Gasteiger partial charge on any atom is 0.272 e. The van der Waals surface area contributed by atoms with E-state index >= 15 is 0 Å². The normalized spacial score (nSPS) is 10.6. The monoisotopic (exact) mass is 445 g/mol. The summed E-state index contributed by atoms with van der Waals surface area (Å²) in [5, 5.41) is 3.71. The Kier molecular flexibility index (Phi) is 5.60. The van der Waals surface area contributed by atoms with Gasteiger partial charge in [0.25, 0.3) is 11.8 Å². The summed E-state index contributed by atoms with van der Waals surface area (Å²) >= 11 is 3.41. The first-order valence-corrected chi connectivity index (χ1v) is 9.20. The van der Waals surface area contributed by atoms with Gasteiger partial charge in [0.2, 0.25) is 0 Å². The van der Waals surface area contributed by atoms with Crippen molar-refractivity contribution in [3.05, 3.63) is 52.1 Å². The number of benzene rings is 2. The van der Waals surface area contributed by atoms with Crippen molar-refractivity contribution >= 4 is 44.3 Å². The van der Waals surface area contributed by atoms with Gasteiger partial charge in [-0.2, -0.15) is 0 Å². The van der Waals surface area contributed by atoms with E-state index in [1.807, 2.05) is 18.2 Å². The van der Waals surface area contributed by atoms with Crippen molar-refractivity contribution < 1.29 is 19.1 Å². The van der Waals surface area contributed by atoms with Gasteiger partial charge in [0, 0.05) is 35.5 Å². The molecule has 1 aromatic heterocycles. The molecule has 0 aliphatic heterocycles. The quantitative estimate of drug-likeness (QED) is 0.623. The van der Waals surface area contributed by atoms with Crippen molar-refractivity contribution in [3.63, 3.8) is 0 Å². The van der Waals surface area contributed by atoms with Crippen LogP contribution >= 0.6 is 15.9 Å². The summed E-state index contributed by atoms with van der Waals surface area (Å²) in [5.74, 6) is 0.180. The van der Waals surface area contributed by atoms with Crippen LogP contribution in [0.2, 0.25) is 0 Å². The van der Waals surface area contributed by atoms with Crippen LogP contribution in [0.1, 0.15) is 20.8 Å². The lowest BCUT2D eigenvalue weighted by Crippen LogP contribution is -2.24. The number of anilines is 1. The van der Waals surface area contributed by atoms with E-state index < -0.39 is 0 Å². The molecule has 2 aromatic carbocycles. The number of aromatic nitrogens is 1. The summed E-state index contributed by atoms with van der Waals surface area (Å²) in [6.07, 6.45) is 0. The largest absolute Gasteiger partial charge is 0.493 e. The second kappa shape index (κ2) is 7.93. The minimum atomic E-state index is -0.368. The molecular formula is C20H20BrN3O4. The number of methoxy groups -OCH3 is 2. The highest BCUT2D eigenvalue weighted by atomic mass is 79.9. The van der Waals surface area contributed by atoms with Crippen molar-refractivity contribution in [1.82, 2.24) is 9.88 Å². The van der Waals surface area contributed by atoms with Crippen molar-refractivity contribution in [2.45, 2.75) is 0 Å². The molecule has 0 fully saturated rings. The summed E-state index contributed by atoms with van der Waals surface area (Å²) in [6, 6.07) is 10.6. The van der Waals surface area contributed by atoms with Crippen LogP contribution in [0.25, 0.3) is 10.9 Å². The molecule has 28 heavy (non-hydrogen) atoms. The summed E-state index contributed by atoms with van der Waals surface area (Å²) < 4.78 is 11.5. The molecule has 0 atom stereocenters. The zero-order chi connectivity index (χ0) is 20.4. The third-order valence-corrected chi connectivity index (χ3v) is 4.73. The summed E-state index contributed by atoms with van der Waals surface area (Å²) in [5.41, 5.74) is 1.85. The highest BCUT2D eigenvalue weighted by Gasteiger charge is 2.21. The molecule has 3 rings (SSSR count). The fourth-order valence-corrected chi connectivity index (χ4v) is 3.17. The van der Waals surface area contributed by atoms with Gasteiger partial charge in [0.1, 0.15) is 5.69 Å². The SMILES string of the molecule is COc1cc(NC(=O)c2cc3ccc(Br)cc3[nH]2)c(C(=O)N(C)C)cc1OC. The molecule has 1 heterocycles. The number of hydrogen-bond donors (Lipinski definition) is 2. The minimum Gasteiger partial charge on any atom is -0.493 e. The Bertz CT molecular complexity index is 1060. The Morgan fingerprint density at radius 2 is 1.71 bits per heavy atom. The van der Waals surface area contributed by atoms with E-state index in [-0.39, 0.29) is 11.8 Å².